The first kappa shape index (κ1) is 18.3. The van der Waals surface area contributed by atoms with Gasteiger partial charge in [0.1, 0.15) is 5.75 Å². The highest BCUT2D eigenvalue weighted by Gasteiger charge is 2.42. The van der Waals surface area contributed by atoms with Crippen LogP contribution in [0, 0.1) is 0 Å². The van der Waals surface area contributed by atoms with E-state index in [4.69, 9.17) is 27.9 Å². The number of nitrogens with zero attached hydrogens (tertiary/aromatic N) is 1. The Morgan fingerprint density at radius 2 is 1.73 bits per heavy atom. The Morgan fingerprint density at radius 3 is 2.38 bits per heavy atom. The van der Waals surface area contributed by atoms with Gasteiger partial charge in [0, 0.05) is 10.6 Å². The van der Waals surface area contributed by atoms with Gasteiger partial charge in [0.2, 0.25) is 0 Å². The molecule has 0 atom stereocenters. The minimum atomic E-state index is -0.837. The van der Waals surface area contributed by atoms with Gasteiger partial charge in [-0.3, -0.25) is 9.59 Å². The molecule has 0 fully saturated rings. The lowest BCUT2D eigenvalue weighted by Crippen LogP contribution is -2.32. The van der Waals surface area contributed by atoms with Gasteiger partial charge >= 0.3 is 5.91 Å². The second-order valence-electron chi connectivity index (χ2n) is 5.93. The minimum absolute atomic E-state index is 0.157. The average molecular weight is 392 g/mol. The topological polar surface area (TPSA) is 66.8 Å². The van der Waals surface area contributed by atoms with E-state index in [2.05, 4.69) is 0 Å². The molecular formula is C19H15Cl2NO4. The van der Waals surface area contributed by atoms with Gasteiger partial charge in [0.05, 0.1) is 22.4 Å². The fraction of sp³-hybridized carbons (Fsp3) is 0.158. The molecular weight excluding hydrogens is 377 g/mol. The standard InChI is InChI=1S/C19H15Cl2NO4/c1-10(2)26-15-6-4-3-5-14(15)22-18(24)16(17(23)19(22)25)12-8-7-11(20)9-13(12)21/h3-10,23H,1-2H3. The van der Waals surface area contributed by atoms with Crippen molar-refractivity contribution in [3.05, 3.63) is 63.8 Å². The summed E-state index contributed by atoms with van der Waals surface area (Å²) in [5.74, 6) is -1.83. The Kier molecular flexibility index (Phi) is 4.94. The van der Waals surface area contributed by atoms with Crippen molar-refractivity contribution in [3.63, 3.8) is 0 Å². The van der Waals surface area contributed by atoms with Crippen molar-refractivity contribution in [1.82, 2.24) is 0 Å². The Bertz CT molecular complexity index is 937. The third-order valence-corrected chi connectivity index (χ3v) is 4.28. The van der Waals surface area contributed by atoms with Crippen LogP contribution >= 0.6 is 23.2 Å². The van der Waals surface area contributed by atoms with E-state index in [9.17, 15) is 14.7 Å². The molecule has 0 radical (unpaired) electrons. The van der Waals surface area contributed by atoms with Crippen molar-refractivity contribution in [1.29, 1.82) is 0 Å². The number of hydrogen-bond donors (Lipinski definition) is 1. The van der Waals surface area contributed by atoms with Gasteiger partial charge in [-0.1, -0.05) is 41.4 Å². The lowest BCUT2D eigenvalue weighted by atomic mass is 10.1. The molecule has 1 heterocycles. The molecule has 134 valence electrons. The van der Waals surface area contributed by atoms with Gasteiger partial charge in [-0.15, -0.1) is 0 Å². The van der Waals surface area contributed by atoms with Crippen LogP contribution in [-0.2, 0) is 9.59 Å². The van der Waals surface area contributed by atoms with Crippen molar-refractivity contribution in [2.45, 2.75) is 20.0 Å². The summed E-state index contributed by atoms with van der Waals surface area (Å²) >= 11 is 12.0. The first-order chi connectivity index (χ1) is 12.3. The number of rotatable bonds is 4. The maximum atomic E-state index is 12.9. The zero-order chi connectivity index (χ0) is 19.0. The molecule has 1 aliphatic rings. The number of anilines is 1. The Labute approximate surface area is 160 Å². The maximum Gasteiger partial charge on any atom is 0.301 e. The quantitative estimate of drug-likeness (QED) is 0.771. The summed E-state index contributed by atoms with van der Waals surface area (Å²) in [6, 6.07) is 11.1. The molecule has 0 saturated heterocycles. The third-order valence-electron chi connectivity index (χ3n) is 3.73. The summed E-state index contributed by atoms with van der Waals surface area (Å²) in [4.78, 5) is 26.4. The number of imide groups is 1. The van der Waals surface area contributed by atoms with E-state index in [1.54, 1.807) is 24.3 Å². The predicted molar refractivity (Wildman–Crippen MR) is 101 cm³/mol. The SMILES string of the molecule is CC(C)Oc1ccccc1N1C(=O)C(O)=C(c2ccc(Cl)cc2Cl)C1=O. The molecule has 0 bridgehead atoms. The smallest absolute Gasteiger partial charge is 0.301 e. The predicted octanol–water partition coefficient (Wildman–Crippen LogP) is 4.62. The lowest BCUT2D eigenvalue weighted by molar-refractivity contribution is -0.121. The zero-order valence-corrected chi connectivity index (χ0v) is 15.5. The van der Waals surface area contributed by atoms with Crippen LogP contribution in [-0.4, -0.2) is 23.0 Å². The second-order valence-corrected chi connectivity index (χ2v) is 6.77. The largest absolute Gasteiger partial charge is 0.502 e. The highest BCUT2D eigenvalue weighted by atomic mass is 35.5. The van der Waals surface area contributed by atoms with Crippen LogP contribution in [0.2, 0.25) is 10.0 Å². The van der Waals surface area contributed by atoms with E-state index in [-0.39, 0.29) is 28.0 Å². The minimum Gasteiger partial charge on any atom is -0.502 e. The van der Waals surface area contributed by atoms with Gasteiger partial charge in [-0.25, -0.2) is 4.90 Å². The van der Waals surface area contributed by atoms with E-state index in [1.807, 2.05) is 13.8 Å². The number of ether oxygens (including phenoxy) is 1. The van der Waals surface area contributed by atoms with Crippen LogP contribution in [0.1, 0.15) is 19.4 Å². The Hall–Kier alpha value is -2.50. The van der Waals surface area contributed by atoms with Crippen LogP contribution < -0.4 is 9.64 Å². The van der Waals surface area contributed by atoms with Crippen molar-refractivity contribution in [3.8, 4) is 5.75 Å². The normalized spacial score (nSPS) is 14.6. The molecule has 5 nitrogen and oxygen atoms in total. The van der Waals surface area contributed by atoms with Gasteiger partial charge in [0.15, 0.2) is 5.76 Å². The summed E-state index contributed by atoms with van der Waals surface area (Å²) in [7, 11) is 0. The first-order valence-corrected chi connectivity index (χ1v) is 8.60. The average Bonchev–Trinajstić information content (AvgIpc) is 2.78. The van der Waals surface area contributed by atoms with Crippen LogP contribution in [0.15, 0.2) is 48.2 Å². The number of carbonyl (C=O) groups excluding carboxylic acids is 2. The summed E-state index contributed by atoms with van der Waals surface area (Å²) in [5.41, 5.74) is 0.315. The molecule has 1 N–H and O–H groups in total. The molecule has 2 amide bonds. The fourth-order valence-electron chi connectivity index (χ4n) is 2.67. The molecule has 7 heteroatoms. The second kappa shape index (κ2) is 7.02. The number of benzene rings is 2. The summed E-state index contributed by atoms with van der Waals surface area (Å²) in [6.07, 6.45) is -0.157. The van der Waals surface area contributed by atoms with Crippen molar-refractivity contribution in [2.24, 2.45) is 0 Å². The molecule has 0 saturated carbocycles. The van der Waals surface area contributed by atoms with Crippen molar-refractivity contribution in [2.75, 3.05) is 4.90 Å². The highest BCUT2D eigenvalue weighted by Crippen LogP contribution is 2.39. The Balaban J connectivity index is 2.07. The number of aliphatic hydroxyl groups excluding tert-OH is 1. The van der Waals surface area contributed by atoms with Crippen molar-refractivity contribution >= 4 is 46.3 Å². The van der Waals surface area contributed by atoms with E-state index in [1.165, 1.54) is 18.2 Å². The van der Waals surface area contributed by atoms with Crippen LogP contribution in [0.3, 0.4) is 0 Å². The number of halogens is 2. The number of amides is 2. The fourth-order valence-corrected chi connectivity index (χ4v) is 3.17. The maximum absolute atomic E-state index is 12.9. The number of hydrogen-bond acceptors (Lipinski definition) is 4. The number of carbonyl (C=O) groups is 2. The van der Waals surface area contributed by atoms with Gasteiger partial charge in [-0.05, 0) is 38.1 Å². The van der Waals surface area contributed by atoms with Crippen LogP contribution in [0.4, 0.5) is 5.69 Å². The van der Waals surface area contributed by atoms with Gasteiger partial charge in [-0.2, -0.15) is 0 Å². The molecule has 2 aromatic rings. The van der Waals surface area contributed by atoms with E-state index < -0.39 is 17.6 Å². The molecule has 2 aromatic carbocycles. The summed E-state index contributed by atoms with van der Waals surface area (Å²) in [5, 5.41) is 10.9. The van der Waals surface area contributed by atoms with Crippen LogP contribution in [0.5, 0.6) is 5.75 Å². The molecule has 0 aliphatic carbocycles. The van der Waals surface area contributed by atoms with Crippen LogP contribution in [0.25, 0.3) is 5.57 Å². The molecule has 1 aliphatic heterocycles. The third kappa shape index (κ3) is 3.16. The van der Waals surface area contributed by atoms with Crippen molar-refractivity contribution < 1.29 is 19.4 Å². The molecule has 26 heavy (non-hydrogen) atoms. The van der Waals surface area contributed by atoms with Gasteiger partial charge in [0.25, 0.3) is 5.91 Å². The number of aliphatic hydroxyl groups is 1. The monoisotopic (exact) mass is 391 g/mol. The molecule has 0 unspecified atom stereocenters. The van der Waals surface area contributed by atoms with E-state index >= 15 is 0 Å². The first-order valence-electron chi connectivity index (χ1n) is 7.84. The zero-order valence-electron chi connectivity index (χ0n) is 14.0. The van der Waals surface area contributed by atoms with E-state index in [0.717, 1.165) is 4.90 Å². The summed E-state index contributed by atoms with van der Waals surface area (Å²) < 4.78 is 5.68. The lowest BCUT2D eigenvalue weighted by Gasteiger charge is -2.20. The molecule has 0 spiro atoms. The van der Waals surface area contributed by atoms with E-state index in [0.29, 0.717) is 10.8 Å². The molecule has 3 rings (SSSR count). The van der Waals surface area contributed by atoms with Gasteiger partial charge < -0.3 is 9.84 Å². The molecule has 0 aromatic heterocycles. The highest BCUT2D eigenvalue weighted by molar-refractivity contribution is 6.47. The summed E-state index contributed by atoms with van der Waals surface area (Å²) in [6.45, 7) is 3.66. The Morgan fingerprint density at radius 1 is 1.04 bits per heavy atom. The number of para-hydroxylation sites is 2.